The maximum Gasteiger partial charge on any atom is 0.317 e. The fraction of sp³-hybridized carbons (Fsp3) is 0.318. The Labute approximate surface area is 174 Å². The minimum Gasteiger partial charge on any atom is -0.455 e. The van der Waals surface area contributed by atoms with Crippen molar-refractivity contribution < 1.29 is 19.1 Å². The first kappa shape index (κ1) is 20.9. The lowest BCUT2D eigenvalue weighted by Gasteiger charge is -2.19. The zero-order chi connectivity index (χ0) is 21.0. The first-order chi connectivity index (χ1) is 13.8. The predicted molar refractivity (Wildman–Crippen MR) is 111 cm³/mol. The van der Waals surface area contributed by atoms with E-state index in [9.17, 15) is 14.4 Å². The van der Waals surface area contributed by atoms with Gasteiger partial charge >= 0.3 is 5.97 Å². The summed E-state index contributed by atoms with van der Waals surface area (Å²) in [6.45, 7) is 1.42. The molecule has 0 unspecified atom stereocenters. The molecule has 29 heavy (non-hydrogen) atoms. The number of halogens is 1. The first-order valence-electron chi connectivity index (χ1n) is 9.34. The van der Waals surface area contributed by atoms with Crippen LogP contribution in [0.1, 0.15) is 24.0 Å². The van der Waals surface area contributed by atoms with Gasteiger partial charge in [-0.1, -0.05) is 41.4 Å². The van der Waals surface area contributed by atoms with E-state index in [0.717, 1.165) is 11.1 Å². The summed E-state index contributed by atoms with van der Waals surface area (Å²) in [6.07, 6.45) is 1.35. The highest BCUT2D eigenvalue weighted by atomic mass is 35.5. The van der Waals surface area contributed by atoms with Crippen molar-refractivity contribution in [3.63, 3.8) is 0 Å². The number of likely N-dealkylation sites (N-methyl/N-ethyl adjacent to an activating group) is 1. The molecule has 0 aromatic heterocycles. The minimum atomic E-state index is -0.688. The fourth-order valence-electron chi connectivity index (χ4n) is 3.02. The number of ether oxygens (including phenoxy) is 1. The van der Waals surface area contributed by atoms with Crippen LogP contribution in [0, 0.1) is 6.92 Å². The second-order valence-corrected chi connectivity index (χ2v) is 7.77. The van der Waals surface area contributed by atoms with E-state index in [2.05, 4.69) is 5.32 Å². The number of nitrogens with zero attached hydrogens (tertiary/aromatic N) is 1. The molecule has 0 aliphatic heterocycles. The molecule has 3 rings (SSSR count). The predicted octanol–water partition coefficient (Wildman–Crippen LogP) is 3.32. The highest BCUT2D eigenvalue weighted by molar-refractivity contribution is 6.30. The van der Waals surface area contributed by atoms with E-state index in [1.807, 2.05) is 19.1 Å². The summed E-state index contributed by atoms with van der Waals surface area (Å²) in [4.78, 5) is 38.1. The Balaban J connectivity index is 1.48. The van der Waals surface area contributed by atoms with Gasteiger partial charge in [-0.15, -0.1) is 0 Å². The van der Waals surface area contributed by atoms with Gasteiger partial charge in [0.15, 0.2) is 6.61 Å². The zero-order valence-electron chi connectivity index (χ0n) is 16.4. The van der Waals surface area contributed by atoms with Gasteiger partial charge in [0, 0.05) is 17.8 Å². The fourth-order valence-corrected chi connectivity index (χ4v) is 3.15. The number of aryl methyl sites for hydroxylation is 1. The number of hydrogen-bond acceptors (Lipinski definition) is 4. The smallest absolute Gasteiger partial charge is 0.317 e. The average molecular weight is 415 g/mol. The topological polar surface area (TPSA) is 75.7 Å². The summed E-state index contributed by atoms with van der Waals surface area (Å²) in [6, 6.07) is 14.4. The summed E-state index contributed by atoms with van der Waals surface area (Å²) in [5, 5.41) is 3.32. The van der Waals surface area contributed by atoms with Crippen molar-refractivity contribution in [1.29, 1.82) is 0 Å². The Morgan fingerprint density at radius 3 is 2.28 bits per heavy atom. The number of hydrogen-bond donors (Lipinski definition) is 1. The van der Waals surface area contributed by atoms with Gasteiger partial charge in [0.1, 0.15) is 0 Å². The number of esters is 1. The van der Waals surface area contributed by atoms with Crippen LogP contribution in [-0.2, 0) is 24.5 Å². The molecule has 7 heteroatoms. The molecular formula is C22H23ClN2O4. The SMILES string of the molecule is Cc1ccc(NC(=O)CN(C)C(=O)COC(=O)C2(c3ccc(Cl)cc3)CC2)cc1. The molecule has 1 fully saturated rings. The third kappa shape index (κ3) is 5.15. The van der Waals surface area contributed by atoms with Crippen molar-refractivity contribution in [2.75, 3.05) is 25.5 Å². The molecule has 0 bridgehead atoms. The summed E-state index contributed by atoms with van der Waals surface area (Å²) in [5.41, 5.74) is 1.90. The van der Waals surface area contributed by atoms with Crippen molar-refractivity contribution in [2.24, 2.45) is 0 Å². The number of nitrogens with one attached hydrogen (secondary N) is 1. The molecule has 1 N–H and O–H groups in total. The Hall–Kier alpha value is -2.86. The van der Waals surface area contributed by atoms with Gasteiger partial charge in [0.25, 0.3) is 5.91 Å². The van der Waals surface area contributed by atoms with Crippen LogP contribution in [-0.4, -0.2) is 42.9 Å². The molecule has 0 saturated heterocycles. The largest absolute Gasteiger partial charge is 0.455 e. The lowest BCUT2D eigenvalue weighted by atomic mass is 9.96. The highest BCUT2D eigenvalue weighted by Gasteiger charge is 2.52. The second-order valence-electron chi connectivity index (χ2n) is 7.33. The lowest BCUT2D eigenvalue weighted by molar-refractivity contribution is -0.154. The van der Waals surface area contributed by atoms with E-state index >= 15 is 0 Å². The van der Waals surface area contributed by atoms with E-state index in [1.54, 1.807) is 36.4 Å². The molecule has 6 nitrogen and oxygen atoms in total. The van der Waals surface area contributed by atoms with E-state index in [0.29, 0.717) is 23.6 Å². The van der Waals surface area contributed by atoms with Crippen molar-refractivity contribution >= 4 is 35.1 Å². The molecule has 2 amide bonds. The molecule has 152 valence electrons. The third-order valence-corrected chi connectivity index (χ3v) is 5.26. The Kier molecular flexibility index (Phi) is 6.23. The van der Waals surface area contributed by atoms with Crippen LogP contribution in [0.25, 0.3) is 0 Å². The first-order valence-corrected chi connectivity index (χ1v) is 9.72. The summed E-state index contributed by atoms with van der Waals surface area (Å²) in [7, 11) is 1.50. The highest BCUT2D eigenvalue weighted by Crippen LogP contribution is 2.49. The maximum absolute atomic E-state index is 12.5. The summed E-state index contributed by atoms with van der Waals surface area (Å²) >= 11 is 5.90. The Morgan fingerprint density at radius 2 is 1.69 bits per heavy atom. The van der Waals surface area contributed by atoms with Gasteiger partial charge in [-0.25, -0.2) is 0 Å². The summed E-state index contributed by atoms with van der Waals surface area (Å²) in [5.74, 6) is -1.19. The van der Waals surface area contributed by atoms with Crippen LogP contribution < -0.4 is 5.32 Å². The molecule has 0 radical (unpaired) electrons. The Morgan fingerprint density at radius 1 is 1.07 bits per heavy atom. The van der Waals surface area contributed by atoms with E-state index in [4.69, 9.17) is 16.3 Å². The summed E-state index contributed by atoms with van der Waals surface area (Å²) < 4.78 is 5.26. The molecule has 0 atom stereocenters. The van der Waals surface area contributed by atoms with Crippen LogP contribution in [0.4, 0.5) is 5.69 Å². The number of rotatable bonds is 7. The molecule has 0 spiro atoms. The number of benzene rings is 2. The monoisotopic (exact) mass is 414 g/mol. The van der Waals surface area contributed by atoms with Gasteiger partial charge in [0.2, 0.25) is 5.91 Å². The number of carbonyl (C=O) groups excluding carboxylic acids is 3. The molecule has 0 heterocycles. The van der Waals surface area contributed by atoms with E-state index in [-0.39, 0.29) is 12.5 Å². The van der Waals surface area contributed by atoms with Crippen LogP contribution in [0.3, 0.4) is 0 Å². The third-order valence-electron chi connectivity index (χ3n) is 5.01. The molecule has 1 saturated carbocycles. The van der Waals surface area contributed by atoms with Gasteiger partial charge < -0.3 is 15.0 Å². The van der Waals surface area contributed by atoms with Gasteiger partial charge in [-0.3, -0.25) is 14.4 Å². The second kappa shape index (κ2) is 8.66. The minimum absolute atomic E-state index is 0.132. The average Bonchev–Trinajstić information content (AvgIpc) is 3.50. The molecule has 2 aromatic carbocycles. The number of anilines is 1. The van der Waals surface area contributed by atoms with Crippen molar-refractivity contribution in [3.8, 4) is 0 Å². The molecule has 1 aliphatic rings. The molecule has 2 aromatic rings. The van der Waals surface area contributed by atoms with Crippen LogP contribution in [0.15, 0.2) is 48.5 Å². The maximum atomic E-state index is 12.5. The van der Waals surface area contributed by atoms with Gasteiger partial charge in [-0.05, 0) is 49.6 Å². The van der Waals surface area contributed by atoms with Gasteiger partial charge in [0.05, 0.1) is 12.0 Å². The van der Waals surface area contributed by atoms with E-state index < -0.39 is 23.9 Å². The lowest BCUT2D eigenvalue weighted by Crippen LogP contribution is -2.38. The van der Waals surface area contributed by atoms with Crippen molar-refractivity contribution in [1.82, 2.24) is 4.90 Å². The van der Waals surface area contributed by atoms with Gasteiger partial charge in [-0.2, -0.15) is 0 Å². The standard InChI is InChI=1S/C22H23ClN2O4/c1-15-3-9-18(10-4-15)24-19(26)13-25(2)20(27)14-29-21(28)22(11-12-22)16-5-7-17(23)8-6-16/h3-10H,11-14H2,1-2H3,(H,24,26). The van der Waals surface area contributed by atoms with Crippen molar-refractivity contribution in [2.45, 2.75) is 25.2 Å². The van der Waals surface area contributed by atoms with Crippen LogP contribution in [0.2, 0.25) is 5.02 Å². The van der Waals surface area contributed by atoms with Crippen LogP contribution >= 0.6 is 11.6 Å². The quantitative estimate of drug-likeness (QED) is 0.705. The van der Waals surface area contributed by atoms with E-state index in [1.165, 1.54) is 11.9 Å². The molecule has 1 aliphatic carbocycles. The number of amides is 2. The van der Waals surface area contributed by atoms with Crippen LogP contribution in [0.5, 0.6) is 0 Å². The van der Waals surface area contributed by atoms with Crippen molar-refractivity contribution in [3.05, 3.63) is 64.7 Å². The zero-order valence-corrected chi connectivity index (χ0v) is 17.2. The molecular weight excluding hydrogens is 392 g/mol. The Bertz CT molecular complexity index is 905. The number of carbonyl (C=O) groups is 3. The normalized spacial score (nSPS) is 14.0.